The fraction of sp³-hybridized carbons (Fsp3) is 0.412. The average Bonchev–Trinajstić information content (AvgIpc) is 3.01. The molecule has 0 radical (unpaired) electrons. The molecule has 0 saturated carbocycles. The van der Waals surface area contributed by atoms with Gasteiger partial charge in [-0.1, -0.05) is 27.9 Å². The number of ether oxygens (including phenoxy) is 1. The van der Waals surface area contributed by atoms with Crippen molar-refractivity contribution in [3.63, 3.8) is 0 Å². The monoisotopic (exact) mass is 429 g/mol. The first kappa shape index (κ1) is 20.9. The summed E-state index contributed by atoms with van der Waals surface area (Å²) in [7, 11) is -3.73. The standard InChI is InChI=1S/C17H20ClN3O6S/c1-10-7-21(17(24)19-16(10)23)15-6-13(14(8-22)27-15)20-28(25,26)9-11-2-4-12(18)5-3-11/h2-5,7,13-15,22H,6,8-9H2,1H3,(H2-,19,20,23,24,25,26)/t13-,14+,15+/m0/s1. The molecule has 0 amide bonds. The summed E-state index contributed by atoms with van der Waals surface area (Å²) < 4.78 is 34.4. The number of nitrogens with one attached hydrogen (secondary N) is 2. The van der Waals surface area contributed by atoms with Gasteiger partial charge in [0.2, 0.25) is 0 Å². The summed E-state index contributed by atoms with van der Waals surface area (Å²) in [5.74, 6) is -0.263. The predicted molar refractivity (Wildman–Crippen MR) is 103 cm³/mol. The van der Waals surface area contributed by atoms with Crippen molar-refractivity contribution < 1.29 is 18.6 Å². The number of rotatable bonds is 6. The van der Waals surface area contributed by atoms with Crippen molar-refractivity contribution >= 4 is 22.0 Å². The minimum Gasteiger partial charge on any atom is -0.597 e. The van der Waals surface area contributed by atoms with Crippen molar-refractivity contribution in [3.8, 4) is 0 Å². The molecule has 4 atom stereocenters. The maximum absolute atomic E-state index is 12.5. The first-order valence-electron chi connectivity index (χ1n) is 8.51. The Morgan fingerprint density at radius 1 is 1.39 bits per heavy atom. The molecule has 2 heterocycles. The molecule has 0 aliphatic carbocycles. The Balaban J connectivity index is 1.76. The van der Waals surface area contributed by atoms with Crippen LogP contribution >= 0.6 is 11.6 Å². The van der Waals surface area contributed by atoms with Crippen LogP contribution in [0.3, 0.4) is 0 Å². The molecule has 1 aromatic carbocycles. The number of nitrogens with zero attached hydrogens (tertiary/aromatic N) is 1. The van der Waals surface area contributed by atoms with Crippen LogP contribution in [0.25, 0.3) is 0 Å². The number of aromatic amines is 1. The van der Waals surface area contributed by atoms with E-state index in [1.54, 1.807) is 31.2 Å². The van der Waals surface area contributed by atoms with Crippen molar-refractivity contribution in [1.29, 1.82) is 0 Å². The van der Waals surface area contributed by atoms with Crippen LogP contribution in [0, 0.1) is 6.92 Å². The van der Waals surface area contributed by atoms with Gasteiger partial charge in [-0.3, -0.25) is 14.3 Å². The van der Waals surface area contributed by atoms with Crippen molar-refractivity contribution in [2.45, 2.75) is 37.5 Å². The highest BCUT2D eigenvalue weighted by atomic mass is 35.5. The fourth-order valence-corrected chi connectivity index (χ4v) is 4.62. The molecule has 1 fully saturated rings. The normalized spacial score (nSPS) is 24.2. The summed E-state index contributed by atoms with van der Waals surface area (Å²) in [6, 6.07) is 5.69. The van der Waals surface area contributed by atoms with E-state index in [-0.39, 0.29) is 12.2 Å². The van der Waals surface area contributed by atoms with E-state index < -0.39 is 46.6 Å². The zero-order valence-corrected chi connectivity index (χ0v) is 16.5. The Hall–Kier alpha value is -1.82. The highest BCUT2D eigenvalue weighted by Crippen LogP contribution is 2.29. The number of aliphatic hydroxyl groups excluding tert-OH is 1. The highest BCUT2D eigenvalue weighted by molar-refractivity contribution is 7.95. The Morgan fingerprint density at radius 3 is 2.71 bits per heavy atom. The summed E-state index contributed by atoms with van der Waals surface area (Å²) in [5.41, 5.74) is -0.295. The van der Waals surface area contributed by atoms with Crippen molar-refractivity contribution in [3.05, 3.63) is 67.4 Å². The Labute approximate surface area is 166 Å². The Morgan fingerprint density at radius 2 is 2.07 bits per heavy atom. The molecule has 0 spiro atoms. The van der Waals surface area contributed by atoms with Crippen LogP contribution in [-0.4, -0.2) is 38.0 Å². The third kappa shape index (κ3) is 4.77. The first-order chi connectivity index (χ1) is 13.2. The van der Waals surface area contributed by atoms with Crippen LogP contribution in [0.5, 0.6) is 0 Å². The molecule has 1 saturated heterocycles. The van der Waals surface area contributed by atoms with Gasteiger partial charge >= 0.3 is 5.69 Å². The summed E-state index contributed by atoms with van der Waals surface area (Å²) >= 11 is 5.81. The predicted octanol–water partition coefficient (Wildman–Crippen LogP) is 0.482. The van der Waals surface area contributed by atoms with E-state index in [0.29, 0.717) is 16.1 Å². The third-order valence-electron chi connectivity index (χ3n) is 4.47. The second-order valence-electron chi connectivity index (χ2n) is 6.64. The summed E-state index contributed by atoms with van der Waals surface area (Å²) in [6.45, 7) is 1.11. The van der Waals surface area contributed by atoms with Crippen LogP contribution in [0.2, 0.25) is 5.02 Å². The number of hydrogen-bond acceptors (Lipinski definition) is 6. The average molecular weight is 430 g/mol. The molecule has 1 unspecified atom stereocenters. The fourth-order valence-electron chi connectivity index (χ4n) is 3.07. The second-order valence-corrected chi connectivity index (χ2v) is 8.83. The smallest absolute Gasteiger partial charge is 0.330 e. The maximum Gasteiger partial charge on any atom is 0.330 e. The molecule has 1 aliphatic rings. The van der Waals surface area contributed by atoms with Crippen molar-refractivity contribution in [2.75, 3.05) is 6.61 Å². The Bertz CT molecular complexity index is 1010. The van der Waals surface area contributed by atoms with Crippen LogP contribution in [0.15, 0.2) is 40.1 Å². The minimum atomic E-state index is -3.73. The maximum atomic E-state index is 12.5. The Kier molecular flexibility index (Phi) is 6.18. The topological polar surface area (TPSA) is 136 Å². The largest absolute Gasteiger partial charge is 0.597 e. The molecule has 152 valence electrons. The molecule has 28 heavy (non-hydrogen) atoms. The molecule has 3 rings (SSSR count). The summed E-state index contributed by atoms with van der Waals surface area (Å²) in [6.07, 6.45) is -0.172. The van der Waals surface area contributed by atoms with Gasteiger partial charge in [0.15, 0.2) is 5.75 Å². The van der Waals surface area contributed by atoms with Crippen molar-refractivity contribution in [2.24, 2.45) is 0 Å². The van der Waals surface area contributed by atoms with Crippen molar-refractivity contribution in [1.82, 2.24) is 14.3 Å². The van der Waals surface area contributed by atoms with E-state index in [0.717, 1.165) is 0 Å². The quantitative estimate of drug-likeness (QED) is 0.571. The lowest BCUT2D eigenvalue weighted by atomic mass is 10.1. The molecule has 0 bridgehead atoms. The van der Waals surface area contributed by atoms with Gasteiger partial charge in [-0.05, 0) is 19.1 Å². The van der Waals surface area contributed by atoms with E-state index in [4.69, 9.17) is 16.3 Å². The molecule has 1 aliphatic heterocycles. The van der Waals surface area contributed by atoms with Gasteiger partial charge in [0.25, 0.3) is 5.56 Å². The number of aryl methyl sites for hydroxylation is 1. The van der Waals surface area contributed by atoms with Gasteiger partial charge in [-0.25, -0.2) is 4.79 Å². The lowest BCUT2D eigenvalue weighted by Crippen LogP contribution is -2.45. The molecule has 3 N–H and O–H groups in total. The first-order valence-corrected chi connectivity index (χ1v) is 10.5. The third-order valence-corrected chi connectivity index (χ3v) is 6.10. The van der Waals surface area contributed by atoms with Gasteiger partial charge in [0, 0.05) is 28.8 Å². The lowest BCUT2D eigenvalue weighted by molar-refractivity contribution is -0.0280. The number of sulfonamides is 1. The van der Waals surface area contributed by atoms with E-state index in [1.165, 1.54) is 10.8 Å². The van der Waals surface area contributed by atoms with Gasteiger partial charge in [0.05, 0.1) is 12.6 Å². The molecule has 11 heteroatoms. The van der Waals surface area contributed by atoms with Crippen LogP contribution in [0.4, 0.5) is 0 Å². The van der Waals surface area contributed by atoms with E-state index in [1.807, 2.05) is 0 Å². The molecule has 1 aromatic heterocycles. The number of hydrogen-bond donors (Lipinski definition) is 3. The number of aromatic nitrogens is 2. The molecule has 9 nitrogen and oxygen atoms in total. The summed E-state index contributed by atoms with van der Waals surface area (Å²) in [5, 5.41) is 10.1. The van der Waals surface area contributed by atoms with E-state index in [2.05, 4.69) is 9.71 Å². The van der Waals surface area contributed by atoms with E-state index >= 15 is 0 Å². The lowest BCUT2D eigenvalue weighted by Gasteiger charge is -2.22. The number of H-pyrrole nitrogens is 1. The minimum absolute atomic E-state index is 0.121. The SMILES string of the molecule is Cc1cn([C@H]2C[C@H](N[S+](=O)([O-])Cc3ccc(Cl)cc3)[C@@H](CO)O2)c(=O)[nH]c1=O. The second kappa shape index (κ2) is 8.27. The highest BCUT2D eigenvalue weighted by Gasteiger charge is 2.40. The number of benzene rings is 1. The van der Waals surface area contributed by atoms with Crippen LogP contribution < -0.4 is 16.0 Å². The number of aliphatic hydroxyl groups is 1. The van der Waals surface area contributed by atoms with Gasteiger partial charge < -0.3 is 14.4 Å². The zero-order chi connectivity index (χ0) is 20.5. The zero-order valence-electron chi connectivity index (χ0n) is 15.0. The van der Waals surface area contributed by atoms with Gasteiger partial charge in [-0.2, -0.15) is 0 Å². The van der Waals surface area contributed by atoms with E-state index in [9.17, 15) is 23.5 Å². The van der Waals surface area contributed by atoms with Crippen LogP contribution in [0.1, 0.15) is 23.8 Å². The molecule has 2 aromatic rings. The van der Waals surface area contributed by atoms with Gasteiger partial charge in [-0.15, -0.1) is 4.72 Å². The van der Waals surface area contributed by atoms with Gasteiger partial charge in [0.1, 0.15) is 22.7 Å². The molecular formula is C17H20ClN3O6S. The number of halogens is 1. The molecular weight excluding hydrogens is 410 g/mol. The van der Waals surface area contributed by atoms with Crippen LogP contribution in [-0.2, 0) is 25.1 Å². The summed E-state index contributed by atoms with van der Waals surface area (Å²) in [4.78, 5) is 25.8.